The lowest BCUT2D eigenvalue weighted by atomic mass is 9.75. The number of aliphatic hydroxyl groups is 3. The normalized spacial score (nSPS) is 29.6. The summed E-state index contributed by atoms with van der Waals surface area (Å²) in [6, 6.07) is 19.6. The Bertz CT molecular complexity index is 2250. The van der Waals surface area contributed by atoms with Crippen LogP contribution in [0.15, 0.2) is 89.4 Å². The molecule has 8 unspecified atom stereocenters. The van der Waals surface area contributed by atoms with Crippen LogP contribution < -0.4 is 14.8 Å². The van der Waals surface area contributed by atoms with Gasteiger partial charge < -0.3 is 49.8 Å². The smallest absolute Gasteiger partial charge is 0.335 e. The van der Waals surface area contributed by atoms with Crippen molar-refractivity contribution in [3.63, 3.8) is 0 Å². The fraction of sp³-hybridized carbons (Fsp3) is 0.404. The van der Waals surface area contributed by atoms with E-state index in [0.717, 1.165) is 37.0 Å². The summed E-state index contributed by atoms with van der Waals surface area (Å²) < 4.78 is 24.5. The van der Waals surface area contributed by atoms with E-state index in [9.17, 15) is 30.3 Å². The van der Waals surface area contributed by atoms with Gasteiger partial charge in [0.1, 0.15) is 47.8 Å². The van der Waals surface area contributed by atoms with Crippen molar-refractivity contribution in [2.45, 2.75) is 62.3 Å². The maximum absolute atomic E-state index is 12.7. The fourth-order valence-electron chi connectivity index (χ4n) is 8.74. The molecule has 3 aromatic rings. The van der Waals surface area contributed by atoms with Gasteiger partial charge in [-0.25, -0.2) is 4.79 Å². The van der Waals surface area contributed by atoms with Gasteiger partial charge in [-0.3, -0.25) is 4.99 Å². The summed E-state index contributed by atoms with van der Waals surface area (Å²) in [5, 5.41) is 58.9. The number of β-amino-alcohol motifs (C(OH)–C–C–N with tert-alkyl or cyclic N) is 1. The Kier molecular flexibility index (Phi) is 13.8. The average Bonchev–Trinajstić information content (AvgIpc) is 3.79. The molecular weight excluding hydrogens is 817 g/mol. The number of fused-ring (bicyclic) bond motifs is 3. The van der Waals surface area contributed by atoms with E-state index in [1.54, 1.807) is 35.1 Å². The van der Waals surface area contributed by atoms with Crippen molar-refractivity contribution in [3.05, 3.63) is 107 Å². The Balaban J connectivity index is 1.09. The Hall–Kier alpha value is -4.72. The first-order chi connectivity index (χ1) is 29.7. The van der Waals surface area contributed by atoms with E-state index in [-0.39, 0.29) is 54.1 Å². The van der Waals surface area contributed by atoms with Crippen molar-refractivity contribution in [1.82, 2.24) is 5.32 Å². The second-order valence-corrected chi connectivity index (χ2v) is 18.3. The van der Waals surface area contributed by atoms with Gasteiger partial charge in [-0.2, -0.15) is 0 Å². The summed E-state index contributed by atoms with van der Waals surface area (Å²) >= 11 is 0. The van der Waals surface area contributed by atoms with Gasteiger partial charge in [0, 0.05) is 43.0 Å². The highest BCUT2D eigenvalue weighted by Gasteiger charge is 2.59. The lowest BCUT2D eigenvalue weighted by Gasteiger charge is -2.49. The van der Waals surface area contributed by atoms with Gasteiger partial charge in [0.25, 0.3) is 0 Å². The zero-order valence-electron chi connectivity index (χ0n) is 33.5. The van der Waals surface area contributed by atoms with E-state index in [4.69, 9.17) is 18.9 Å². The largest absolute Gasteiger partial charge is 0.508 e. The predicted octanol–water partition coefficient (Wildman–Crippen LogP) is 6.51. The van der Waals surface area contributed by atoms with Crippen molar-refractivity contribution < 1.29 is 49.3 Å². The number of nitrogens with zero attached hydrogens (tertiary/aromatic N) is 1. The number of hydrogen-bond donors (Lipinski definition) is 6. The molecule has 6 N–H and O–H groups in total. The van der Waals surface area contributed by atoms with E-state index < -0.39 is 36.2 Å². The van der Waals surface area contributed by atoms with E-state index in [0.29, 0.717) is 42.0 Å². The molecule has 8 rings (SSSR count). The first kappa shape index (κ1) is 42.9. The molecule has 0 amide bonds. The van der Waals surface area contributed by atoms with Crippen LogP contribution in [0, 0.1) is 29.6 Å². The number of phenols is 1. The number of ether oxygens (including phenoxy) is 4. The SMILES string of the molecule is O=C(O)C1OC(Oc2ccc3c(c2)OCC(c2ccc(O)cc2)=C3O)C2(O)CNCC(C3CC#CCCCc4ccccc4C=CC3)C(C3=CCN=C3)CSSCOC2C1O. The van der Waals surface area contributed by atoms with Gasteiger partial charge in [-0.05, 0) is 90.1 Å². The van der Waals surface area contributed by atoms with E-state index >= 15 is 0 Å². The molecule has 0 radical (unpaired) electrons. The molecule has 4 heterocycles. The number of aromatic hydroxyl groups is 1. The van der Waals surface area contributed by atoms with Crippen LogP contribution in [0.1, 0.15) is 47.9 Å². The van der Waals surface area contributed by atoms with E-state index in [1.807, 2.05) is 6.21 Å². The Labute approximate surface area is 363 Å². The molecule has 0 aromatic heterocycles. The van der Waals surface area contributed by atoms with Crippen LogP contribution in [-0.2, 0) is 20.7 Å². The predicted molar refractivity (Wildman–Crippen MR) is 237 cm³/mol. The Morgan fingerprint density at radius 2 is 1.90 bits per heavy atom. The quantitative estimate of drug-likeness (QED) is 0.117. The highest BCUT2D eigenvalue weighted by Crippen LogP contribution is 2.42. The summed E-state index contributed by atoms with van der Waals surface area (Å²) in [5.41, 5.74) is 3.20. The molecule has 61 heavy (non-hydrogen) atoms. The third-order valence-corrected chi connectivity index (χ3v) is 14.1. The third-order valence-electron chi connectivity index (χ3n) is 12.0. The highest BCUT2D eigenvalue weighted by atomic mass is 33.1. The van der Waals surface area contributed by atoms with Crippen molar-refractivity contribution in [3.8, 4) is 29.1 Å². The van der Waals surface area contributed by atoms with Gasteiger partial charge >= 0.3 is 5.97 Å². The number of carbonyl (C=O) groups is 1. The van der Waals surface area contributed by atoms with Crippen LogP contribution in [0.2, 0.25) is 0 Å². The molecule has 2 fully saturated rings. The maximum atomic E-state index is 12.7. The molecule has 0 spiro atoms. The van der Waals surface area contributed by atoms with Crippen LogP contribution in [0.4, 0.5) is 0 Å². The number of aliphatic hydroxyl groups excluding tert-OH is 2. The number of carboxylic acid groups (broad SMARTS) is 1. The Morgan fingerprint density at radius 1 is 1.05 bits per heavy atom. The number of allylic oxidation sites excluding steroid dienone is 2. The Morgan fingerprint density at radius 3 is 2.72 bits per heavy atom. The number of rotatable bonds is 6. The summed E-state index contributed by atoms with van der Waals surface area (Å²) in [4.78, 5) is 17.0. The number of phenolic OH excluding ortho intramolecular Hbond substituents is 1. The molecule has 12 nitrogen and oxygen atoms in total. The monoisotopic (exact) mass is 866 g/mol. The number of carboxylic acids is 1. The summed E-state index contributed by atoms with van der Waals surface area (Å²) in [7, 11) is 3.05. The van der Waals surface area contributed by atoms with Crippen molar-refractivity contribution >= 4 is 51.2 Å². The summed E-state index contributed by atoms with van der Waals surface area (Å²) in [6.07, 6.45) is 6.30. The van der Waals surface area contributed by atoms with E-state index in [1.165, 1.54) is 40.1 Å². The van der Waals surface area contributed by atoms with Gasteiger partial charge in [0.05, 0.1) is 12.1 Å². The molecule has 14 heteroatoms. The molecule has 4 aliphatic heterocycles. The number of aliphatic imine (C=N–C) groups is 1. The van der Waals surface area contributed by atoms with E-state index in [2.05, 4.69) is 64.6 Å². The van der Waals surface area contributed by atoms with Crippen LogP contribution in [0.3, 0.4) is 0 Å². The van der Waals surface area contributed by atoms with Crippen molar-refractivity contribution in [1.29, 1.82) is 0 Å². The third kappa shape index (κ3) is 9.69. The molecule has 1 aliphatic carbocycles. The molecule has 8 atom stereocenters. The first-order valence-electron chi connectivity index (χ1n) is 20.6. The topological polar surface area (TPSA) is 180 Å². The second kappa shape index (κ2) is 19.5. The van der Waals surface area contributed by atoms with Gasteiger partial charge in [-0.1, -0.05) is 76.2 Å². The molecule has 3 aromatic carbocycles. The zero-order chi connectivity index (χ0) is 42.3. The minimum Gasteiger partial charge on any atom is -0.508 e. The number of aryl methyl sites for hydroxylation is 1. The lowest BCUT2D eigenvalue weighted by molar-refractivity contribution is -0.316. The van der Waals surface area contributed by atoms with Gasteiger partial charge in [0.15, 0.2) is 11.7 Å². The van der Waals surface area contributed by atoms with Gasteiger partial charge in [0.2, 0.25) is 6.29 Å². The molecule has 320 valence electrons. The highest BCUT2D eigenvalue weighted by molar-refractivity contribution is 8.76. The molecule has 2 saturated heterocycles. The van der Waals surface area contributed by atoms with Crippen molar-refractivity contribution in [2.75, 3.05) is 37.9 Å². The zero-order valence-corrected chi connectivity index (χ0v) is 35.2. The minimum atomic E-state index is -2.09. The molecule has 0 saturated carbocycles. The second-order valence-electron chi connectivity index (χ2n) is 15.9. The number of nitrogens with one attached hydrogen (secondary N) is 1. The number of benzene rings is 3. The maximum Gasteiger partial charge on any atom is 0.335 e. The summed E-state index contributed by atoms with van der Waals surface area (Å²) in [5.74, 6) is 7.10. The standard InChI is InChI=1S/C47H50N2O10S2/c50-34-16-14-32(15-17-34)38-25-56-40-22-35(18-19-36(40)41(38)51)58-46-47(55)27-49-24-37(31-11-4-2-1-3-8-29-9-5-6-10-30(29)12-7-13-31)39(33-20-21-48-23-33)26-60-61-28-57-44(47)42(52)43(59-46)45(53)54/h5-7,9-10,12,14-20,22-23,31,37,39,42-44,46,49-52,55H,1,3,8,11,13,21,24-28H2,(H,53,54). The number of aliphatic carboxylic acids is 1. The first-order valence-corrected chi connectivity index (χ1v) is 23.1. The van der Waals surface area contributed by atoms with Crippen LogP contribution in [-0.4, -0.2) is 106 Å². The van der Waals surface area contributed by atoms with Gasteiger partial charge in [-0.15, -0.1) is 11.8 Å². The molecule has 0 bridgehead atoms. The van der Waals surface area contributed by atoms with Crippen LogP contribution >= 0.6 is 21.6 Å². The summed E-state index contributed by atoms with van der Waals surface area (Å²) in [6.45, 7) is 0.917. The van der Waals surface area contributed by atoms with Crippen LogP contribution in [0.25, 0.3) is 17.4 Å². The fourth-order valence-corrected chi connectivity index (χ4v) is 10.8. The minimum absolute atomic E-state index is 0.00671. The number of hydrogen-bond acceptors (Lipinski definition) is 13. The molecular formula is C47H50N2O10S2. The lowest BCUT2D eigenvalue weighted by Crippen LogP contribution is -2.72. The van der Waals surface area contributed by atoms with Crippen molar-refractivity contribution in [2.24, 2.45) is 22.7 Å². The van der Waals surface area contributed by atoms with Crippen LogP contribution in [0.5, 0.6) is 17.2 Å². The average molecular weight is 867 g/mol. The molecule has 5 aliphatic rings.